The van der Waals surface area contributed by atoms with Gasteiger partial charge in [-0.05, 0) is 31.0 Å². The van der Waals surface area contributed by atoms with Crippen LogP contribution in [0.25, 0.3) is 0 Å². The van der Waals surface area contributed by atoms with Crippen molar-refractivity contribution in [2.45, 2.75) is 26.4 Å². The van der Waals surface area contributed by atoms with Gasteiger partial charge >= 0.3 is 0 Å². The molecule has 1 fully saturated rings. The molecule has 1 heterocycles. The summed E-state index contributed by atoms with van der Waals surface area (Å²) in [6, 6.07) is 4.35. The number of ether oxygens (including phenoxy) is 1. The Labute approximate surface area is 112 Å². The van der Waals surface area contributed by atoms with Crippen molar-refractivity contribution < 1.29 is 9.13 Å². The van der Waals surface area contributed by atoms with Gasteiger partial charge in [0, 0.05) is 23.6 Å². The first-order valence-electron chi connectivity index (χ1n) is 6.39. The lowest BCUT2D eigenvalue weighted by atomic mass is 9.92. The molecule has 1 aromatic rings. The third kappa shape index (κ3) is 3.36. The topological polar surface area (TPSA) is 21.3 Å². The molecule has 1 N–H and O–H groups in total. The second-order valence-corrected chi connectivity index (χ2v) is 5.62. The SMILES string of the molecule is CC(C)[C@H](Oc1cc(F)cc(Cl)c1)[C@H]1CCNC1. The predicted molar refractivity (Wildman–Crippen MR) is 71.6 cm³/mol. The summed E-state index contributed by atoms with van der Waals surface area (Å²) in [4.78, 5) is 0. The second kappa shape index (κ2) is 5.89. The predicted octanol–water partition coefficient (Wildman–Crippen LogP) is 3.49. The van der Waals surface area contributed by atoms with Gasteiger partial charge < -0.3 is 10.1 Å². The Balaban J connectivity index is 2.12. The first-order chi connectivity index (χ1) is 8.56. The molecule has 2 nitrogen and oxygen atoms in total. The Morgan fingerprint density at radius 2 is 2.17 bits per heavy atom. The van der Waals surface area contributed by atoms with E-state index in [0.717, 1.165) is 19.5 Å². The van der Waals surface area contributed by atoms with Crippen molar-refractivity contribution in [3.63, 3.8) is 0 Å². The summed E-state index contributed by atoms with van der Waals surface area (Å²) < 4.78 is 19.2. The average molecular weight is 272 g/mol. The fourth-order valence-electron chi connectivity index (χ4n) is 2.49. The minimum atomic E-state index is -0.357. The van der Waals surface area contributed by atoms with Gasteiger partial charge in [-0.15, -0.1) is 0 Å². The molecule has 1 aliphatic rings. The fraction of sp³-hybridized carbons (Fsp3) is 0.571. The van der Waals surface area contributed by atoms with Crippen molar-refractivity contribution in [1.82, 2.24) is 5.32 Å². The van der Waals surface area contributed by atoms with Gasteiger partial charge in [-0.2, -0.15) is 0 Å². The van der Waals surface area contributed by atoms with Crippen LogP contribution >= 0.6 is 11.6 Å². The number of rotatable bonds is 4. The van der Waals surface area contributed by atoms with Crippen molar-refractivity contribution in [3.05, 3.63) is 29.0 Å². The van der Waals surface area contributed by atoms with Crippen LogP contribution < -0.4 is 10.1 Å². The zero-order chi connectivity index (χ0) is 13.1. The summed E-state index contributed by atoms with van der Waals surface area (Å²) in [5, 5.41) is 3.71. The van der Waals surface area contributed by atoms with E-state index < -0.39 is 0 Å². The number of halogens is 2. The summed E-state index contributed by atoms with van der Waals surface area (Å²) in [6.45, 7) is 6.25. The Morgan fingerprint density at radius 1 is 1.39 bits per heavy atom. The van der Waals surface area contributed by atoms with E-state index in [1.165, 1.54) is 12.1 Å². The molecule has 4 heteroatoms. The van der Waals surface area contributed by atoms with Gasteiger partial charge in [0.05, 0.1) is 0 Å². The van der Waals surface area contributed by atoms with Crippen LogP contribution in [0.2, 0.25) is 5.02 Å². The first kappa shape index (κ1) is 13.6. The van der Waals surface area contributed by atoms with Gasteiger partial charge in [-0.3, -0.25) is 0 Å². The summed E-state index contributed by atoms with van der Waals surface area (Å²) >= 11 is 5.84. The molecule has 0 bridgehead atoms. The zero-order valence-electron chi connectivity index (χ0n) is 10.7. The van der Waals surface area contributed by atoms with Gasteiger partial charge in [0.15, 0.2) is 0 Å². The third-order valence-electron chi connectivity index (χ3n) is 3.33. The van der Waals surface area contributed by atoms with Crippen molar-refractivity contribution >= 4 is 11.6 Å². The first-order valence-corrected chi connectivity index (χ1v) is 6.77. The normalized spacial score (nSPS) is 21.3. The molecule has 2 atom stereocenters. The lowest BCUT2D eigenvalue weighted by molar-refractivity contribution is 0.0970. The van der Waals surface area contributed by atoms with Crippen molar-refractivity contribution in [1.29, 1.82) is 0 Å². The molecule has 0 unspecified atom stereocenters. The van der Waals surface area contributed by atoms with Crippen LogP contribution in [0.5, 0.6) is 5.75 Å². The maximum Gasteiger partial charge on any atom is 0.128 e. The van der Waals surface area contributed by atoms with E-state index in [0.29, 0.717) is 22.6 Å². The van der Waals surface area contributed by atoms with Crippen LogP contribution in [0.15, 0.2) is 18.2 Å². The third-order valence-corrected chi connectivity index (χ3v) is 3.55. The van der Waals surface area contributed by atoms with Gasteiger partial charge in [-0.1, -0.05) is 25.4 Å². The zero-order valence-corrected chi connectivity index (χ0v) is 11.5. The van der Waals surface area contributed by atoms with E-state index >= 15 is 0 Å². The van der Waals surface area contributed by atoms with E-state index in [-0.39, 0.29) is 11.9 Å². The van der Waals surface area contributed by atoms with Crippen LogP contribution in [0.1, 0.15) is 20.3 Å². The molecular weight excluding hydrogens is 253 g/mol. The number of nitrogens with one attached hydrogen (secondary N) is 1. The molecule has 0 amide bonds. The number of hydrogen-bond donors (Lipinski definition) is 1. The second-order valence-electron chi connectivity index (χ2n) is 5.18. The van der Waals surface area contributed by atoms with Crippen molar-refractivity contribution in [2.75, 3.05) is 13.1 Å². The van der Waals surface area contributed by atoms with Crippen molar-refractivity contribution in [2.24, 2.45) is 11.8 Å². The summed E-state index contributed by atoms with van der Waals surface area (Å²) in [5.74, 6) is 1.03. The molecule has 0 saturated carbocycles. The summed E-state index contributed by atoms with van der Waals surface area (Å²) in [5.41, 5.74) is 0. The van der Waals surface area contributed by atoms with Crippen LogP contribution in [-0.2, 0) is 0 Å². The van der Waals surface area contributed by atoms with E-state index in [9.17, 15) is 4.39 Å². The molecule has 0 radical (unpaired) electrons. The van der Waals surface area contributed by atoms with Crippen LogP contribution in [0, 0.1) is 17.7 Å². The Bertz CT molecular complexity index is 385. The van der Waals surface area contributed by atoms with Crippen molar-refractivity contribution in [3.8, 4) is 5.75 Å². The van der Waals surface area contributed by atoms with Gasteiger partial charge in [0.1, 0.15) is 17.7 Å². The highest BCUT2D eigenvalue weighted by molar-refractivity contribution is 6.30. The van der Waals surface area contributed by atoms with E-state index in [1.54, 1.807) is 6.07 Å². The summed E-state index contributed by atoms with van der Waals surface area (Å²) in [7, 11) is 0. The molecule has 0 aromatic heterocycles. The smallest absolute Gasteiger partial charge is 0.128 e. The van der Waals surface area contributed by atoms with E-state index in [2.05, 4.69) is 19.2 Å². The summed E-state index contributed by atoms with van der Waals surface area (Å²) in [6.07, 6.45) is 1.20. The van der Waals surface area contributed by atoms with Crippen LogP contribution in [-0.4, -0.2) is 19.2 Å². The Hall–Kier alpha value is -0.800. The number of benzene rings is 1. The van der Waals surface area contributed by atoms with Gasteiger partial charge in [0.2, 0.25) is 0 Å². The quantitative estimate of drug-likeness (QED) is 0.905. The molecule has 100 valence electrons. The molecule has 0 spiro atoms. The Kier molecular flexibility index (Phi) is 4.46. The lowest BCUT2D eigenvalue weighted by Crippen LogP contribution is -2.33. The Morgan fingerprint density at radius 3 is 2.72 bits per heavy atom. The molecule has 0 aliphatic carbocycles. The molecule has 1 saturated heterocycles. The highest BCUT2D eigenvalue weighted by Crippen LogP contribution is 2.27. The molecule has 2 rings (SSSR count). The lowest BCUT2D eigenvalue weighted by Gasteiger charge is -2.27. The number of hydrogen-bond acceptors (Lipinski definition) is 2. The van der Waals surface area contributed by atoms with E-state index in [1.807, 2.05) is 0 Å². The average Bonchev–Trinajstić information content (AvgIpc) is 2.77. The maximum atomic E-state index is 13.3. The van der Waals surface area contributed by atoms with E-state index in [4.69, 9.17) is 16.3 Å². The minimum absolute atomic E-state index is 0.0952. The van der Waals surface area contributed by atoms with Gasteiger partial charge in [0.25, 0.3) is 0 Å². The van der Waals surface area contributed by atoms with Crippen LogP contribution in [0.4, 0.5) is 4.39 Å². The largest absolute Gasteiger partial charge is 0.490 e. The monoisotopic (exact) mass is 271 g/mol. The molecule has 1 aromatic carbocycles. The highest BCUT2D eigenvalue weighted by Gasteiger charge is 2.29. The fourth-order valence-corrected chi connectivity index (χ4v) is 2.70. The highest BCUT2D eigenvalue weighted by atomic mass is 35.5. The molecule has 1 aliphatic heterocycles. The molecule has 18 heavy (non-hydrogen) atoms. The van der Waals surface area contributed by atoms with Crippen LogP contribution in [0.3, 0.4) is 0 Å². The molecular formula is C14H19ClFNO. The maximum absolute atomic E-state index is 13.3. The minimum Gasteiger partial charge on any atom is -0.490 e. The van der Waals surface area contributed by atoms with Gasteiger partial charge in [-0.25, -0.2) is 4.39 Å². The standard InChI is InChI=1S/C14H19ClFNO/c1-9(2)14(10-3-4-17-8-10)18-13-6-11(15)5-12(16)7-13/h5-7,9-10,14,17H,3-4,8H2,1-2H3/t10-,14-/m0/s1.